The van der Waals surface area contributed by atoms with Crippen molar-refractivity contribution in [3.05, 3.63) is 42.2 Å². The molecule has 86 valence electrons. The molecule has 0 atom stereocenters. The number of hydrogen-bond acceptors (Lipinski definition) is 4. The van der Waals surface area contributed by atoms with Gasteiger partial charge in [-0.05, 0) is 23.8 Å². The summed E-state index contributed by atoms with van der Waals surface area (Å²) in [5, 5.41) is 9.35. The zero-order chi connectivity index (χ0) is 12.3. The van der Waals surface area contributed by atoms with Crippen molar-refractivity contribution in [3.8, 4) is 22.6 Å². The van der Waals surface area contributed by atoms with E-state index in [1.807, 2.05) is 0 Å². The molecule has 17 heavy (non-hydrogen) atoms. The fourth-order valence-corrected chi connectivity index (χ4v) is 1.57. The summed E-state index contributed by atoms with van der Waals surface area (Å²) in [5.41, 5.74) is 2.08. The van der Waals surface area contributed by atoms with Crippen LogP contribution in [0.1, 0.15) is 10.4 Å². The lowest BCUT2D eigenvalue weighted by Gasteiger charge is -2.07. The number of aromatic nitrogens is 1. The number of aldehydes is 1. The smallest absolute Gasteiger partial charge is 0.153 e. The summed E-state index contributed by atoms with van der Waals surface area (Å²) in [6, 6.07) is 6.79. The van der Waals surface area contributed by atoms with Crippen LogP contribution in [0.25, 0.3) is 11.1 Å². The molecule has 0 aliphatic heterocycles. The Morgan fingerprint density at radius 3 is 2.71 bits per heavy atom. The number of carbonyl (C=O) groups is 1. The standard InChI is InChI=1S/C13H11NO3/c1-17-13-5-9(2-3-10(13)8-15)11-4-12(16)7-14-6-11/h2-8,16H,1H3. The maximum Gasteiger partial charge on any atom is 0.153 e. The second-order valence-electron chi connectivity index (χ2n) is 3.51. The van der Waals surface area contributed by atoms with Gasteiger partial charge < -0.3 is 9.84 Å². The van der Waals surface area contributed by atoms with E-state index >= 15 is 0 Å². The molecular formula is C13H11NO3. The summed E-state index contributed by atoms with van der Waals surface area (Å²) < 4.78 is 5.11. The number of nitrogens with zero attached hydrogens (tertiary/aromatic N) is 1. The number of benzene rings is 1. The summed E-state index contributed by atoms with van der Waals surface area (Å²) in [5.74, 6) is 0.599. The molecular weight excluding hydrogens is 218 g/mol. The normalized spacial score (nSPS) is 9.94. The zero-order valence-electron chi connectivity index (χ0n) is 9.25. The summed E-state index contributed by atoms with van der Waals surface area (Å²) >= 11 is 0. The summed E-state index contributed by atoms with van der Waals surface area (Å²) in [4.78, 5) is 14.7. The van der Waals surface area contributed by atoms with E-state index in [1.165, 1.54) is 13.3 Å². The molecule has 1 aromatic carbocycles. The van der Waals surface area contributed by atoms with Crippen LogP contribution in [0.4, 0.5) is 0 Å². The van der Waals surface area contributed by atoms with E-state index in [2.05, 4.69) is 4.98 Å². The van der Waals surface area contributed by atoms with Gasteiger partial charge in [-0.15, -0.1) is 0 Å². The molecule has 0 aliphatic carbocycles. The molecule has 0 spiro atoms. The van der Waals surface area contributed by atoms with E-state index in [0.29, 0.717) is 11.3 Å². The van der Waals surface area contributed by atoms with E-state index in [0.717, 1.165) is 17.4 Å². The third-order valence-corrected chi connectivity index (χ3v) is 2.42. The van der Waals surface area contributed by atoms with Crippen molar-refractivity contribution in [2.75, 3.05) is 7.11 Å². The molecule has 0 bridgehead atoms. The van der Waals surface area contributed by atoms with E-state index in [9.17, 15) is 9.90 Å². The van der Waals surface area contributed by atoms with Gasteiger partial charge in [-0.1, -0.05) is 6.07 Å². The fraction of sp³-hybridized carbons (Fsp3) is 0.0769. The van der Waals surface area contributed by atoms with Crippen molar-refractivity contribution >= 4 is 6.29 Å². The number of methoxy groups -OCH3 is 1. The molecule has 0 fully saturated rings. The second-order valence-corrected chi connectivity index (χ2v) is 3.51. The Morgan fingerprint density at radius 1 is 1.24 bits per heavy atom. The highest BCUT2D eigenvalue weighted by Gasteiger charge is 2.05. The number of hydrogen-bond donors (Lipinski definition) is 1. The minimum absolute atomic E-state index is 0.0981. The number of rotatable bonds is 3. The van der Waals surface area contributed by atoms with Gasteiger partial charge in [0, 0.05) is 11.8 Å². The van der Waals surface area contributed by atoms with Crippen molar-refractivity contribution in [3.63, 3.8) is 0 Å². The van der Waals surface area contributed by atoms with Gasteiger partial charge in [0.2, 0.25) is 0 Å². The Labute approximate surface area is 98.5 Å². The van der Waals surface area contributed by atoms with E-state index in [-0.39, 0.29) is 5.75 Å². The molecule has 2 rings (SSSR count). The van der Waals surface area contributed by atoms with Gasteiger partial charge >= 0.3 is 0 Å². The number of ether oxygens (including phenoxy) is 1. The summed E-state index contributed by atoms with van der Waals surface area (Å²) in [6.07, 6.45) is 3.74. The SMILES string of the molecule is COc1cc(-c2cncc(O)c2)ccc1C=O. The van der Waals surface area contributed by atoms with Crippen LogP contribution in [0, 0.1) is 0 Å². The molecule has 2 aromatic rings. The van der Waals surface area contributed by atoms with Crippen LogP contribution in [0.3, 0.4) is 0 Å². The summed E-state index contributed by atoms with van der Waals surface area (Å²) in [6.45, 7) is 0. The number of carbonyl (C=O) groups excluding carboxylic acids is 1. The highest BCUT2D eigenvalue weighted by molar-refractivity contribution is 5.81. The van der Waals surface area contributed by atoms with Crippen LogP contribution in [0.2, 0.25) is 0 Å². The lowest BCUT2D eigenvalue weighted by molar-refractivity contribution is 0.112. The third kappa shape index (κ3) is 2.25. The minimum atomic E-state index is 0.0981. The first-order chi connectivity index (χ1) is 8.24. The monoisotopic (exact) mass is 229 g/mol. The van der Waals surface area contributed by atoms with Crippen LogP contribution in [0.5, 0.6) is 11.5 Å². The Morgan fingerprint density at radius 2 is 2.06 bits per heavy atom. The summed E-state index contributed by atoms with van der Waals surface area (Å²) in [7, 11) is 1.51. The second kappa shape index (κ2) is 4.65. The van der Waals surface area contributed by atoms with Gasteiger partial charge in [0.15, 0.2) is 6.29 Å². The molecule has 4 nitrogen and oxygen atoms in total. The van der Waals surface area contributed by atoms with Crippen molar-refractivity contribution in [2.45, 2.75) is 0 Å². The van der Waals surface area contributed by atoms with E-state index in [4.69, 9.17) is 4.74 Å². The molecule has 0 aliphatic rings. The van der Waals surface area contributed by atoms with Crippen molar-refractivity contribution in [1.29, 1.82) is 0 Å². The third-order valence-electron chi connectivity index (χ3n) is 2.42. The molecule has 0 unspecified atom stereocenters. The lowest BCUT2D eigenvalue weighted by Crippen LogP contribution is -1.91. The first kappa shape index (κ1) is 11.1. The number of pyridine rings is 1. The quantitative estimate of drug-likeness (QED) is 0.820. The molecule has 4 heteroatoms. The topological polar surface area (TPSA) is 59.4 Å². The minimum Gasteiger partial charge on any atom is -0.506 e. The maximum atomic E-state index is 10.8. The Hall–Kier alpha value is -2.36. The predicted molar refractivity (Wildman–Crippen MR) is 63.3 cm³/mol. The number of aromatic hydroxyl groups is 1. The molecule has 0 saturated heterocycles. The van der Waals surface area contributed by atoms with Gasteiger partial charge in [0.25, 0.3) is 0 Å². The van der Waals surface area contributed by atoms with Crippen molar-refractivity contribution in [1.82, 2.24) is 4.98 Å². The van der Waals surface area contributed by atoms with Crippen LogP contribution in [0.15, 0.2) is 36.7 Å². The highest BCUT2D eigenvalue weighted by Crippen LogP contribution is 2.27. The Balaban J connectivity index is 2.50. The van der Waals surface area contributed by atoms with E-state index in [1.54, 1.807) is 30.5 Å². The molecule has 1 heterocycles. The van der Waals surface area contributed by atoms with Crippen LogP contribution in [-0.4, -0.2) is 23.5 Å². The average molecular weight is 229 g/mol. The van der Waals surface area contributed by atoms with Gasteiger partial charge in [0.1, 0.15) is 11.5 Å². The first-order valence-electron chi connectivity index (χ1n) is 5.02. The molecule has 0 amide bonds. The average Bonchev–Trinajstić information content (AvgIpc) is 2.38. The van der Waals surface area contributed by atoms with Gasteiger partial charge in [0.05, 0.1) is 18.9 Å². The largest absolute Gasteiger partial charge is 0.506 e. The van der Waals surface area contributed by atoms with Crippen molar-refractivity contribution < 1.29 is 14.6 Å². The van der Waals surface area contributed by atoms with Gasteiger partial charge in [-0.25, -0.2) is 0 Å². The van der Waals surface area contributed by atoms with Crippen LogP contribution >= 0.6 is 0 Å². The van der Waals surface area contributed by atoms with Crippen molar-refractivity contribution in [2.24, 2.45) is 0 Å². The van der Waals surface area contributed by atoms with E-state index < -0.39 is 0 Å². The van der Waals surface area contributed by atoms with Crippen LogP contribution < -0.4 is 4.74 Å². The van der Waals surface area contributed by atoms with Gasteiger partial charge in [-0.2, -0.15) is 0 Å². The lowest BCUT2D eigenvalue weighted by atomic mass is 10.0. The fourth-order valence-electron chi connectivity index (χ4n) is 1.57. The molecule has 0 saturated carbocycles. The van der Waals surface area contributed by atoms with Gasteiger partial charge in [-0.3, -0.25) is 9.78 Å². The maximum absolute atomic E-state index is 10.8. The zero-order valence-corrected chi connectivity index (χ0v) is 9.25. The molecule has 1 aromatic heterocycles. The molecule has 1 N–H and O–H groups in total. The van der Waals surface area contributed by atoms with Crippen LogP contribution in [-0.2, 0) is 0 Å². The predicted octanol–water partition coefficient (Wildman–Crippen LogP) is 2.28. The highest BCUT2D eigenvalue weighted by atomic mass is 16.5. The first-order valence-corrected chi connectivity index (χ1v) is 5.02. The Bertz CT molecular complexity index is 552. The Kier molecular flexibility index (Phi) is 3.05. The molecule has 0 radical (unpaired) electrons.